The van der Waals surface area contributed by atoms with Gasteiger partial charge in [-0.05, 0) is 58.5 Å². The van der Waals surface area contributed by atoms with Crippen molar-refractivity contribution in [2.45, 2.75) is 52.7 Å². The standard InChI is InChI=1S/C20H28O2/c1-19(2)13-9-15(19)17(21)7-11(13)5-6-12-8-18(22)16-10-14(12)20(16,3)4/h5-8,13-18,21-22H,9-10H2,1-4H3/b6-5+/t13-,14-,15+,16+,17-,18-/m1/s1. The molecule has 0 heterocycles. The van der Waals surface area contributed by atoms with Gasteiger partial charge in [-0.2, -0.15) is 0 Å². The molecule has 0 saturated heterocycles. The van der Waals surface area contributed by atoms with E-state index in [4.69, 9.17) is 0 Å². The molecule has 6 atom stereocenters. The van der Waals surface area contributed by atoms with Crippen LogP contribution in [-0.4, -0.2) is 22.4 Å². The molecular weight excluding hydrogens is 272 g/mol. The van der Waals surface area contributed by atoms with Gasteiger partial charge in [0.05, 0.1) is 12.2 Å². The highest BCUT2D eigenvalue weighted by molar-refractivity contribution is 5.41. The van der Waals surface area contributed by atoms with E-state index in [1.54, 1.807) is 0 Å². The van der Waals surface area contributed by atoms with Gasteiger partial charge in [-0.25, -0.2) is 0 Å². The van der Waals surface area contributed by atoms with Crippen LogP contribution in [0.2, 0.25) is 0 Å². The van der Waals surface area contributed by atoms with Crippen LogP contribution < -0.4 is 0 Å². The van der Waals surface area contributed by atoms with Crippen molar-refractivity contribution in [1.82, 2.24) is 0 Å². The SMILES string of the molecule is CC1(C)[C@@H]2C[C@H]1[C@H](O)C=C2/C=C/C1=C[C@@H](O)[C@@H]2C[C@H]1C2(C)C. The molecule has 0 aromatic heterocycles. The minimum absolute atomic E-state index is 0.217. The van der Waals surface area contributed by atoms with Gasteiger partial charge in [-0.3, -0.25) is 0 Å². The van der Waals surface area contributed by atoms with Gasteiger partial charge in [0, 0.05) is 0 Å². The Balaban J connectivity index is 1.58. The second kappa shape index (κ2) is 4.36. The fourth-order valence-corrected chi connectivity index (χ4v) is 5.60. The van der Waals surface area contributed by atoms with Crippen LogP contribution in [0.15, 0.2) is 35.5 Å². The van der Waals surface area contributed by atoms with Crippen LogP contribution in [0.1, 0.15) is 40.5 Å². The molecule has 0 amide bonds. The van der Waals surface area contributed by atoms with E-state index in [1.165, 1.54) is 11.1 Å². The Bertz CT molecular complexity index is 541. The molecule has 2 nitrogen and oxygen atoms in total. The van der Waals surface area contributed by atoms with Gasteiger partial charge in [-0.1, -0.05) is 52.0 Å². The maximum absolute atomic E-state index is 10.3. The summed E-state index contributed by atoms with van der Waals surface area (Å²) in [7, 11) is 0. The third-order valence-corrected chi connectivity index (χ3v) is 7.51. The van der Waals surface area contributed by atoms with E-state index in [9.17, 15) is 10.2 Å². The zero-order valence-corrected chi connectivity index (χ0v) is 14.1. The largest absolute Gasteiger partial charge is 0.389 e. The summed E-state index contributed by atoms with van der Waals surface area (Å²) in [4.78, 5) is 0. The van der Waals surface area contributed by atoms with E-state index in [2.05, 4.69) is 52.0 Å². The van der Waals surface area contributed by atoms with Gasteiger partial charge in [0.2, 0.25) is 0 Å². The van der Waals surface area contributed by atoms with Crippen molar-refractivity contribution >= 4 is 0 Å². The molecule has 2 fully saturated rings. The van der Waals surface area contributed by atoms with Gasteiger partial charge in [-0.15, -0.1) is 0 Å². The lowest BCUT2D eigenvalue weighted by Crippen LogP contribution is -2.54. The fraction of sp³-hybridized carbons (Fsp3) is 0.700. The van der Waals surface area contributed by atoms with Crippen LogP contribution in [0, 0.1) is 34.5 Å². The number of aliphatic hydroxyl groups is 2. The van der Waals surface area contributed by atoms with Crippen molar-refractivity contribution in [2.75, 3.05) is 0 Å². The van der Waals surface area contributed by atoms with Gasteiger partial charge < -0.3 is 10.2 Å². The third-order valence-electron chi connectivity index (χ3n) is 7.51. The summed E-state index contributed by atoms with van der Waals surface area (Å²) >= 11 is 0. The summed E-state index contributed by atoms with van der Waals surface area (Å²) in [6, 6.07) is 0. The molecule has 2 heteroatoms. The molecule has 4 bridgehead atoms. The number of aliphatic hydroxyl groups excluding tert-OH is 2. The van der Waals surface area contributed by atoms with E-state index in [-0.39, 0.29) is 23.0 Å². The quantitative estimate of drug-likeness (QED) is 0.820. The molecule has 6 rings (SSSR count). The van der Waals surface area contributed by atoms with Crippen molar-refractivity contribution in [1.29, 1.82) is 0 Å². The Labute approximate surface area is 133 Å². The Morgan fingerprint density at radius 1 is 0.818 bits per heavy atom. The van der Waals surface area contributed by atoms with Crippen LogP contribution in [0.5, 0.6) is 0 Å². The van der Waals surface area contributed by atoms with Gasteiger partial charge >= 0.3 is 0 Å². The average Bonchev–Trinajstić information content (AvgIpc) is 2.42. The number of rotatable bonds is 2. The van der Waals surface area contributed by atoms with Crippen LogP contribution in [-0.2, 0) is 0 Å². The fourth-order valence-electron chi connectivity index (χ4n) is 5.60. The number of fused-ring (bicyclic) bond motifs is 2. The molecule has 0 aromatic rings. The third kappa shape index (κ3) is 1.74. The summed E-state index contributed by atoms with van der Waals surface area (Å²) < 4.78 is 0. The summed E-state index contributed by atoms with van der Waals surface area (Å²) in [5.41, 5.74) is 3.01. The second-order valence-corrected chi connectivity index (χ2v) is 9.08. The van der Waals surface area contributed by atoms with Gasteiger partial charge in [0.15, 0.2) is 0 Å². The lowest BCUT2D eigenvalue weighted by atomic mass is 9.47. The van der Waals surface area contributed by atoms with E-state index in [0.717, 1.165) is 12.8 Å². The van der Waals surface area contributed by atoms with E-state index in [1.807, 2.05) is 0 Å². The smallest absolute Gasteiger partial charge is 0.0760 e. The first kappa shape index (κ1) is 14.7. The molecule has 0 unspecified atom stereocenters. The maximum Gasteiger partial charge on any atom is 0.0760 e. The minimum atomic E-state index is -0.296. The van der Waals surface area contributed by atoms with E-state index in [0.29, 0.717) is 23.7 Å². The lowest BCUT2D eigenvalue weighted by Gasteiger charge is -2.58. The highest BCUT2D eigenvalue weighted by Crippen LogP contribution is 2.61. The van der Waals surface area contributed by atoms with E-state index >= 15 is 0 Å². The predicted molar refractivity (Wildman–Crippen MR) is 88.1 cm³/mol. The van der Waals surface area contributed by atoms with Crippen molar-refractivity contribution < 1.29 is 10.2 Å². The second-order valence-electron chi connectivity index (χ2n) is 9.08. The Kier molecular flexibility index (Phi) is 2.92. The molecule has 2 N–H and O–H groups in total. The van der Waals surface area contributed by atoms with Crippen LogP contribution in [0.25, 0.3) is 0 Å². The van der Waals surface area contributed by atoms with Crippen LogP contribution in [0.3, 0.4) is 0 Å². The molecular formula is C20H28O2. The minimum Gasteiger partial charge on any atom is -0.389 e. The number of hydrogen-bond acceptors (Lipinski definition) is 2. The first-order valence-corrected chi connectivity index (χ1v) is 8.70. The van der Waals surface area contributed by atoms with Crippen molar-refractivity contribution in [3.63, 3.8) is 0 Å². The summed E-state index contributed by atoms with van der Waals surface area (Å²) in [6.45, 7) is 9.11. The number of hydrogen-bond donors (Lipinski definition) is 2. The van der Waals surface area contributed by atoms with Crippen molar-refractivity contribution in [3.8, 4) is 0 Å². The monoisotopic (exact) mass is 300 g/mol. The van der Waals surface area contributed by atoms with Gasteiger partial charge in [0.1, 0.15) is 0 Å². The molecule has 6 aliphatic rings. The molecule has 6 aliphatic carbocycles. The molecule has 2 saturated carbocycles. The Morgan fingerprint density at radius 2 is 1.18 bits per heavy atom. The molecule has 0 aliphatic heterocycles. The molecule has 0 aromatic carbocycles. The first-order chi connectivity index (χ1) is 10.2. The first-order valence-electron chi connectivity index (χ1n) is 8.70. The highest BCUT2D eigenvalue weighted by atomic mass is 16.3. The molecule has 0 radical (unpaired) electrons. The normalized spacial score (nSPS) is 47.4. The van der Waals surface area contributed by atoms with E-state index < -0.39 is 0 Å². The highest BCUT2D eigenvalue weighted by Gasteiger charge is 2.55. The van der Waals surface area contributed by atoms with Gasteiger partial charge in [0.25, 0.3) is 0 Å². The number of allylic oxidation sites excluding steroid dienone is 4. The molecule has 120 valence electrons. The van der Waals surface area contributed by atoms with Crippen LogP contribution in [0.4, 0.5) is 0 Å². The Hall–Kier alpha value is -0.860. The van der Waals surface area contributed by atoms with Crippen molar-refractivity contribution in [2.24, 2.45) is 34.5 Å². The zero-order chi connectivity index (χ0) is 15.9. The predicted octanol–water partition coefficient (Wildman–Crippen LogP) is 3.47. The molecule has 22 heavy (non-hydrogen) atoms. The Morgan fingerprint density at radius 3 is 1.45 bits per heavy atom. The lowest BCUT2D eigenvalue weighted by molar-refractivity contribution is -0.0754. The topological polar surface area (TPSA) is 40.5 Å². The average molecular weight is 300 g/mol. The molecule has 0 spiro atoms. The zero-order valence-electron chi connectivity index (χ0n) is 14.1. The summed E-state index contributed by atoms with van der Waals surface area (Å²) in [6.07, 6.45) is 10.2. The maximum atomic E-state index is 10.3. The van der Waals surface area contributed by atoms with Crippen molar-refractivity contribution in [3.05, 3.63) is 35.5 Å². The van der Waals surface area contributed by atoms with Crippen LogP contribution >= 0.6 is 0 Å². The summed E-state index contributed by atoms with van der Waals surface area (Å²) in [5, 5.41) is 20.6. The summed E-state index contributed by atoms with van der Waals surface area (Å²) in [5.74, 6) is 2.01.